The van der Waals surface area contributed by atoms with Crippen LogP contribution in [0, 0.1) is 0 Å². The number of carboxylic acid groups (broad SMARTS) is 1. The number of aromatic carboxylic acids is 1. The highest BCUT2D eigenvalue weighted by atomic mass is 35.5. The summed E-state index contributed by atoms with van der Waals surface area (Å²) in [6.45, 7) is 12.1. The van der Waals surface area contributed by atoms with Gasteiger partial charge >= 0.3 is 5.97 Å². The van der Waals surface area contributed by atoms with Crippen LogP contribution in [-0.4, -0.2) is 37.3 Å². The SMILES string of the molecule is CCN(CC)c1ccc(Nc2ccc3c(c2-c2ccc(C(=O)O)cc2)Cc2ccccc2O3)c(Cl)c1N(CC)CC. The minimum Gasteiger partial charge on any atom is -0.478 e. The standard InChI is InChI=1S/C34H36ClN3O3/c1-5-37(6-2)28-19-17-27(32(35)33(28)38(7-3)8-4)36-26-18-20-30-25(21-24-11-9-10-12-29(24)41-30)31(26)22-13-15-23(16-14-22)34(39)40/h9-20,36H,5-8,21H2,1-4H3,(H,39,40). The summed E-state index contributed by atoms with van der Waals surface area (Å²) in [6.07, 6.45) is 0.691. The Balaban J connectivity index is 1.65. The molecule has 0 saturated carbocycles. The maximum absolute atomic E-state index is 11.6. The molecule has 5 rings (SSSR count). The van der Waals surface area contributed by atoms with Gasteiger partial charge in [-0.3, -0.25) is 0 Å². The predicted molar refractivity (Wildman–Crippen MR) is 170 cm³/mol. The molecule has 6 nitrogen and oxygen atoms in total. The second-order valence-electron chi connectivity index (χ2n) is 10.00. The van der Waals surface area contributed by atoms with Crippen LogP contribution in [-0.2, 0) is 6.42 Å². The number of carboxylic acids is 1. The lowest BCUT2D eigenvalue weighted by Crippen LogP contribution is -2.28. The molecule has 41 heavy (non-hydrogen) atoms. The number of ether oxygens (including phenoxy) is 1. The number of nitrogens with one attached hydrogen (secondary N) is 1. The fourth-order valence-corrected chi connectivity index (χ4v) is 5.95. The van der Waals surface area contributed by atoms with Crippen molar-refractivity contribution in [3.05, 3.63) is 94.5 Å². The summed E-state index contributed by atoms with van der Waals surface area (Å²) in [6, 6.07) is 23.3. The summed E-state index contributed by atoms with van der Waals surface area (Å²) >= 11 is 7.22. The quantitative estimate of drug-likeness (QED) is 0.175. The van der Waals surface area contributed by atoms with Crippen LogP contribution in [0.5, 0.6) is 11.5 Å². The van der Waals surface area contributed by atoms with Gasteiger partial charge in [0, 0.05) is 49.4 Å². The van der Waals surface area contributed by atoms with Gasteiger partial charge in [0.25, 0.3) is 0 Å². The summed E-state index contributed by atoms with van der Waals surface area (Å²) in [4.78, 5) is 16.2. The van der Waals surface area contributed by atoms with Crippen molar-refractivity contribution in [3.63, 3.8) is 0 Å². The van der Waals surface area contributed by atoms with Gasteiger partial charge in [-0.05, 0) is 81.3 Å². The van der Waals surface area contributed by atoms with Crippen molar-refractivity contribution >= 4 is 40.3 Å². The Bertz CT molecular complexity index is 1560. The minimum absolute atomic E-state index is 0.244. The van der Waals surface area contributed by atoms with E-state index in [0.29, 0.717) is 11.4 Å². The Morgan fingerprint density at radius 2 is 1.49 bits per heavy atom. The zero-order valence-electron chi connectivity index (χ0n) is 24.0. The molecular weight excluding hydrogens is 534 g/mol. The van der Waals surface area contributed by atoms with Gasteiger partial charge in [0.05, 0.1) is 27.6 Å². The number of rotatable bonds is 10. The Morgan fingerprint density at radius 3 is 2.15 bits per heavy atom. The molecule has 212 valence electrons. The van der Waals surface area contributed by atoms with Crippen LogP contribution in [0.4, 0.5) is 22.7 Å². The smallest absolute Gasteiger partial charge is 0.335 e. The molecule has 0 unspecified atom stereocenters. The second-order valence-corrected chi connectivity index (χ2v) is 10.4. The van der Waals surface area contributed by atoms with Gasteiger partial charge in [-0.15, -0.1) is 0 Å². The highest BCUT2D eigenvalue weighted by molar-refractivity contribution is 6.37. The van der Waals surface area contributed by atoms with Crippen molar-refractivity contribution in [2.75, 3.05) is 41.3 Å². The molecular formula is C34H36ClN3O3. The van der Waals surface area contributed by atoms with Crippen LogP contribution in [0.15, 0.2) is 72.8 Å². The number of nitrogens with zero attached hydrogens (tertiary/aromatic N) is 2. The Morgan fingerprint density at radius 1 is 0.829 bits per heavy atom. The van der Waals surface area contributed by atoms with Gasteiger partial charge in [0.15, 0.2) is 0 Å². The molecule has 0 aromatic heterocycles. The molecule has 1 aliphatic heterocycles. The highest BCUT2D eigenvalue weighted by Gasteiger charge is 2.25. The molecule has 7 heteroatoms. The molecule has 1 heterocycles. The Labute approximate surface area is 247 Å². The molecule has 2 N–H and O–H groups in total. The van der Waals surface area contributed by atoms with Crippen molar-refractivity contribution < 1.29 is 14.6 Å². The lowest BCUT2D eigenvalue weighted by atomic mass is 9.90. The monoisotopic (exact) mass is 569 g/mol. The van der Waals surface area contributed by atoms with Gasteiger partial charge in [-0.1, -0.05) is 41.9 Å². The second kappa shape index (κ2) is 12.1. The number of para-hydroxylation sites is 1. The number of hydrogen-bond acceptors (Lipinski definition) is 5. The van der Waals surface area contributed by atoms with E-state index in [0.717, 1.165) is 82.7 Å². The molecule has 0 radical (unpaired) electrons. The number of fused-ring (bicyclic) bond motifs is 2. The van der Waals surface area contributed by atoms with E-state index in [4.69, 9.17) is 16.3 Å². The molecule has 0 saturated heterocycles. The van der Waals surface area contributed by atoms with Gasteiger partial charge in [0.2, 0.25) is 0 Å². The number of hydrogen-bond donors (Lipinski definition) is 2. The van der Waals surface area contributed by atoms with Crippen LogP contribution in [0.25, 0.3) is 11.1 Å². The predicted octanol–water partition coefficient (Wildman–Crippen LogP) is 8.84. The molecule has 0 amide bonds. The normalized spacial score (nSPS) is 11.7. The Hall–Kier alpha value is -4.16. The van der Waals surface area contributed by atoms with E-state index in [2.05, 4.69) is 54.9 Å². The fraction of sp³-hybridized carbons (Fsp3) is 0.265. The van der Waals surface area contributed by atoms with Crippen LogP contribution in [0.1, 0.15) is 49.2 Å². The summed E-state index contributed by atoms with van der Waals surface area (Å²) < 4.78 is 6.32. The average molecular weight is 570 g/mol. The minimum atomic E-state index is -0.953. The molecule has 0 bridgehead atoms. The van der Waals surface area contributed by atoms with E-state index < -0.39 is 5.97 Å². The third-order valence-electron chi connectivity index (χ3n) is 7.80. The van der Waals surface area contributed by atoms with E-state index in [1.807, 2.05) is 48.5 Å². The third kappa shape index (κ3) is 5.44. The molecule has 0 aliphatic carbocycles. The van der Waals surface area contributed by atoms with Crippen molar-refractivity contribution in [3.8, 4) is 22.6 Å². The van der Waals surface area contributed by atoms with E-state index in [1.54, 1.807) is 12.1 Å². The topological polar surface area (TPSA) is 65.0 Å². The summed E-state index contributed by atoms with van der Waals surface area (Å²) in [5, 5.41) is 13.8. The maximum Gasteiger partial charge on any atom is 0.335 e. The van der Waals surface area contributed by atoms with E-state index in [-0.39, 0.29) is 5.56 Å². The van der Waals surface area contributed by atoms with E-state index in [9.17, 15) is 9.90 Å². The lowest BCUT2D eigenvalue weighted by Gasteiger charge is -2.32. The van der Waals surface area contributed by atoms with Crippen molar-refractivity contribution in [2.24, 2.45) is 0 Å². The number of anilines is 4. The molecule has 0 fully saturated rings. The van der Waals surface area contributed by atoms with Gasteiger partial charge < -0.3 is 25.0 Å². The zero-order chi connectivity index (χ0) is 29.1. The number of benzene rings is 4. The van der Waals surface area contributed by atoms with Crippen LogP contribution < -0.4 is 19.9 Å². The summed E-state index contributed by atoms with van der Waals surface area (Å²) in [7, 11) is 0. The molecule has 4 aromatic carbocycles. The first-order valence-electron chi connectivity index (χ1n) is 14.2. The van der Waals surface area contributed by atoms with Crippen LogP contribution in [0.2, 0.25) is 5.02 Å². The molecule has 4 aromatic rings. The first-order chi connectivity index (χ1) is 19.9. The lowest BCUT2D eigenvalue weighted by molar-refractivity contribution is 0.0697. The third-order valence-corrected chi connectivity index (χ3v) is 8.18. The molecule has 1 aliphatic rings. The number of halogens is 1. The summed E-state index contributed by atoms with van der Waals surface area (Å²) in [5.41, 5.74) is 8.07. The first-order valence-corrected chi connectivity index (χ1v) is 14.6. The average Bonchev–Trinajstić information content (AvgIpc) is 2.99. The van der Waals surface area contributed by atoms with Gasteiger partial charge in [-0.25, -0.2) is 4.79 Å². The largest absolute Gasteiger partial charge is 0.478 e. The van der Waals surface area contributed by atoms with Crippen LogP contribution >= 0.6 is 11.6 Å². The zero-order valence-corrected chi connectivity index (χ0v) is 24.8. The fourth-order valence-electron chi connectivity index (χ4n) is 5.63. The van der Waals surface area contributed by atoms with Crippen molar-refractivity contribution in [1.29, 1.82) is 0 Å². The van der Waals surface area contributed by atoms with E-state index in [1.165, 1.54) is 0 Å². The maximum atomic E-state index is 11.6. The van der Waals surface area contributed by atoms with Crippen molar-refractivity contribution in [2.45, 2.75) is 34.1 Å². The van der Waals surface area contributed by atoms with Gasteiger partial charge in [0.1, 0.15) is 11.5 Å². The Kier molecular flexibility index (Phi) is 8.41. The van der Waals surface area contributed by atoms with Gasteiger partial charge in [-0.2, -0.15) is 0 Å². The van der Waals surface area contributed by atoms with Crippen LogP contribution in [0.3, 0.4) is 0 Å². The summed E-state index contributed by atoms with van der Waals surface area (Å²) in [5.74, 6) is 0.691. The molecule has 0 spiro atoms. The first kappa shape index (κ1) is 28.4. The highest BCUT2D eigenvalue weighted by Crippen LogP contribution is 2.47. The molecule has 0 atom stereocenters. The van der Waals surface area contributed by atoms with E-state index >= 15 is 0 Å². The van der Waals surface area contributed by atoms with Crippen molar-refractivity contribution in [1.82, 2.24) is 0 Å². The number of carbonyl (C=O) groups is 1.